The molecule has 0 aliphatic carbocycles. The Morgan fingerprint density at radius 2 is 2.00 bits per heavy atom. The second-order valence-corrected chi connectivity index (χ2v) is 4.58. The van der Waals surface area contributed by atoms with Crippen molar-refractivity contribution in [2.24, 2.45) is 11.8 Å². The number of rotatable bonds is 7. The molecule has 0 spiro atoms. The zero-order valence-electron chi connectivity index (χ0n) is 10.1. The topological polar surface area (TPSA) is 32.8 Å². The Morgan fingerprint density at radius 1 is 1.40 bits per heavy atom. The highest BCUT2D eigenvalue weighted by atomic mass is 16.6. The number of aliphatic hydroxyl groups is 1. The lowest BCUT2D eigenvalue weighted by atomic mass is 9.86. The summed E-state index contributed by atoms with van der Waals surface area (Å²) in [5.41, 5.74) is 0. The summed E-state index contributed by atoms with van der Waals surface area (Å²) in [7, 11) is 0. The molecule has 1 saturated heterocycles. The van der Waals surface area contributed by atoms with Gasteiger partial charge in [-0.1, -0.05) is 45.8 Å². The highest BCUT2D eigenvalue weighted by Gasteiger charge is 2.22. The average molecular weight is 212 g/mol. The van der Waals surface area contributed by atoms with E-state index in [4.69, 9.17) is 4.74 Å². The van der Waals surface area contributed by atoms with Gasteiger partial charge in [-0.25, -0.2) is 0 Å². The minimum absolute atomic E-state index is 0.162. The number of hydrogen-bond donors (Lipinski definition) is 1. The van der Waals surface area contributed by atoms with Crippen LogP contribution in [-0.4, -0.2) is 23.9 Å². The Morgan fingerprint density at radius 3 is 2.47 bits per heavy atom. The van der Waals surface area contributed by atoms with Gasteiger partial charge in [0.05, 0.1) is 18.8 Å². The third-order valence-electron chi connectivity index (χ3n) is 3.33. The molecule has 0 saturated carbocycles. The van der Waals surface area contributed by atoms with Crippen LogP contribution in [0.15, 0.2) is 12.2 Å². The SMILES string of the molecule is CCC(CC)C(O)C(C)C/C=C\C1CO1. The standard InChI is InChI=1S/C13H24O2/c1-4-11(5-2)13(14)10(3)7-6-8-12-9-15-12/h6,8,10-14H,4-5,7,9H2,1-3H3/b8-6-. The molecule has 88 valence electrons. The van der Waals surface area contributed by atoms with Crippen LogP contribution in [0.25, 0.3) is 0 Å². The van der Waals surface area contributed by atoms with Gasteiger partial charge in [-0.2, -0.15) is 0 Å². The molecule has 1 aliphatic heterocycles. The normalized spacial score (nSPS) is 24.7. The third-order valence-corrected chi connectivity index (χ3v) is 3.33. The van der Waals surface area contributed by atoms with Gasteiger partial charge in [0.1, 0.15) is 0 Å². The predicted octanol–water partition coefficient (Wildman–Crippen LogP) is 2.76. The summed E-state index contributed by atoms with van der Waals surface area (Å²) in [4.78, 5) is 0. The molecule has 0 aromatic carbocycles. The first kappa shape index (κ1) is 12.7. The summed E-state index contributed by atoms with van der Waals surface area (Å²) >= 11 is 0. The van der Waals surface area contributed by atoms with Gasteiger partial charge < -0.3 is 9.84 Å². The van der Waals surface area contributed by atoms with E-state index in [1.807, 2.05) is 0 Å². The van der Waals surface area contributed by atoms with Gasteiger partial charge in [0, 0.05) is 0 Å². The van der Waals surface area contributed by atoms with Crippen LogP contribution in [0.3, 0.4) is 0 Å². The Kier molecular flexibility index (Phi) is 5.34. The van der Waals surface area contributed by atoms with Crippen molar-refractivity contribution >= 4 is 0 Å². The van der Waals surface area contributed by atoms with Crippen molar-refractivity contribution in [2.45, 2.75) is 52.2 Å². The van der Waals surface area contributed by atoms with Crippen LogP contribution in [0.1, 0.15) is 40.0 Å². The van der Waals surface area contributed by atoms with Crippen molar-refractivity contribution in [3.8, 4) is 0 Å². The lowest BCUT2D eigenvalue weighted by Gasteiger charge is -2.25. The molecule has 1 rings (SSSR count). The summed E-state index contributed by atoms with van der Waals surface area (Å²) < 4.78 is 5.09. The number of aliphatic hydroxyl groups excluding tert-OH is 1. The Labute approximate surface area is 93.3 Å². The monoisotopic (exact) mass is 212 g/mol. The van der Waals surface area contributed by atoms with E-state index in [9.17, 15) is 5.11 Å². The van der Waals surface area contributed by atoms with E-state index in [1.54, 1.807) is 0 Å². The lowest BCUT2D eigenvalue weighted by Crippen LogP contribution is -2.26. The summed E-state index contributed by atoms with van der Waals surface area (Å²) in [5, 5.41) is 10.1. The van der Waals surface area contributed by atoms with Gasteiger partial charge in [0.2, 0.25) is 0 Å². The van der Waals surface area contributed by atoms with E-state index in [2.05, 4.69) is 32.9 Å². The van der Waals surface area contributed by atoms with Gasteiger partial charge in [-0.05, 0) is 18.3 Å². The van der Waals surface area contributed by atoms with E-state index in [1.165, 1.54) is 0 Å². The molecular formula is C13H24O2. The van der Waals surface area contributed by atoms with Crippen LogP contribution in [0, 0.1) is 11.8 Å². The molecular weight excluding hydrogens is 188 g/mol. The van der Waals surface area contributed by atoms with Crippen LogP contribution in [0.5, 0.6) is 0 Å². The fourth-order valence-electron chi connectivity index (χ4n) is 1.99. The van der Waals surface area contributed by atoms with Crippen LogP contribution in [0.4, 0.5) is 0 Å². The molecule has 1 heterocycles. The van der Waals surface area contributed by atoms with Crippen LogP contribution < -0.4 is 0 Å². The Hall–Kier alpha value is -0.340. The zero-order chi connectivity index (χ0) is 11.3. The summed E-state index contributed by atoms with van der Waals surface area (Å²) in [6.07, 6.45) is 7.54. The second kappa shape index (κ2) is 6.29. The van der Waals surface area contributed by atoms with Gasteiger partial charge in [-0.3, -0.25) is 0 Å². The molecule has 0 aromatic rings. The average Bonchev–Trinajstić information content (AvgIpc) is 3.03. The molecule has 0 bridgehead atoms. The number of ether oxygens (including phenoxy) is 1. The van der Waals surface area contributed by atoms with Crippen molar-refractivity contribution in [1.82, 2.24) is 0 Å². The molecule has 3 atom stereocenters. The molecule has 1 N–H and O–H groups in total. The molecule has 1 aliphatic rings. The maximum atomic E-state index is 10.1. The molecule has 2 nitrogen and oxygen atoms in total. The number of hydrogen-bond acceptors (Lipinski definition) is 2. The first-order valence-corrected chi connectivity index (χ1v) is 6.15. The molecule has 0 aromatic heterocycles. The maximum absolute atomic E-state index is 10.1. The van der Waals surface area contributed by atoms with E-state index >= 15 is 0 Å². The fourth-order valence-corrected chi connectivity index (χ4v) is 1.99. The summed E-state index contributed by atoms with van der Waals surface area (Å²) in [5.74, 6) is 0.801. The minimum atomic E-state index is -0.162. The van der Waals surface area contributed by atoms with E-state index in [0.29, 0.717) is 17.9 Å². The van der Waals surface area contributed by atoms with Crippen molar-refractivity contribution in [3.05, 3.63) is 12.2 Å². The van der Waals surface area contributed by atoms with Crippen molar-refractivity contribution < 1.29 is 9.84 Å². The second-order valence-electron chi connectivity index (χ2n) is 4.58. The highest BCUT2D eigenvalue weighted by Crippen LogP contribution is 2.22. The smallest absolute Gasteiger partial charge is 0.0991 e. The van der Waals surface area contributed by atoms with Gasteiger partial charge in [0.15, 0.2) is 0 Å². The van der Waals surface area contributed by atoms with Crippen LogP contribution in [-0.2, 0) is 4.74 Å². The summed E-state index contributed by atoms with van der Waals surface area (Å²) in [6.45, 7) is 7.30. The molecule has 15 heavy (non-hydrogen) atoms. The van der Waals surface area contributed by atoms with Crippen molar-refractivity contribution in [3.63, 3.8) is 0 Å². The summed E-state index contributed by atoms with van der Waals surface area (Å²) in [6, 6.07) is 0. The van der Waals surface area contributed by atoms with Gasteiger partial charge >= 0.3 is 0 Å². The maximum Gasteiger partial charge on any atom is 0.0991 e. The molecule has 2 heteroatoms. The van der Waals surface area contributed by atoms with E-state index < -0.39 is 0 Å². The van der Waals surface area contributed by atoms with Crippen molar-refractivity contribution in [2.75, 3.05) is 6.61 Å². The van der Waals surface area contributed by atoms with Crippen molar-refractivity contribution in [1.29, 1.82) is 0 Å². The van der Waals surface area contributed by atoms with Crippen LogP contribution in [0.2, 0.25) is 0 Å². The number of allylic oxidation sites excluding steroid dienone is 1. The zero-order valence-corrected chi connectivity index (χ0v) is 10.1. The fraction of sp³-hybridized carbons (Fsp3) is 0.846. The molecule has 1 fully saturated rings. The number of epoxide rings is 1. The van der Waals surface area contributed by atoms with E-state index in [-0.39, 0.29) is 6.10 Å². The van der Waals surface area contributed by atoms with Crippen LogP contribution >= 0.6 is 0 Å². The first-order valence-electron chi connectivity index (χ1n) is 6.15. The Balaban J connectivity index is 2.26. The third kappa shape index (κ3) is 4.35. The van der Waals surface area contributed by atoms with Gasteiger partial charge in [-0.15, -0.1) is 0 Å². The predicted molar refractivity (Wildman–Crippen MR) is 62.7 cm³/mol. The van der Waals surface area contributed by atoms with Gasteiger partial charge in [0.25, 0.3) is 0 Å². The highest BCUT2D eigenvalue weighted by molar-refractivity contribution is 4.96. The molecule has 3 unspecified atom stereocenters. The Bertz CT molecular complexity index is 193. The lowest BCUT2D eigenvalue weighted by molar-refractivity contribution is 0.0545. The first-order chi connectivity index (χ1) is 7.19. The largest absolute Gasteiger partial charge is 0.393 e. The minimum Gasteiger partial charge on any atom is -0.393 e. The quantitative estimate of drug-likeness (QED) is 0.520. The molecule has 0 amide bonds. The molecule has 0 radical (unpaired) electrons. The van der Waals surface area contributed by atoms with E-state index in [0.717, 1.165) is 25.9 Å².